The first-order valence-corrected chi connectivity index (χ1v) is 9.17. The van der Waals surface area contributed by atoms with Gasteiger partial charge in [-0.05, 0) is 53.7 Å². The van der Waals surface area contributed by atoms with Crippen LogP contribution in [0.3, 0.4) is 0 Å². The van der Waals surface area contributed by atoms with E-state index >= 15 is 0 Å². The zero-order valence-corrected chi connectivity index (χ0v) is 14.5. The van der Waals surface area contributed by atoms with Gasteiger partial charge in [0.25, 0.3) is 0 Å². The number of nitrogens with one attached hydrogen (secondary N) is 1. The van der Waals surface area contributed by atoms with Gasteiger partial charge in [0.1, 0.15) is 0 Å². The number of rotatable bonds is 7. The van der Waals surface area contributed by atoms with Gasteiger partial charge in [-0.15, -0.1) is 11.3 Å². The molecule has 2 rings (SSSR count). The molecule has 1 aromatic rings. The third kappa shape index (κ3) is 4.53. The van der Waals surface area contributed by atoms with Crippen LogP contribution in [-0.2, 0) is 11.2 Å². The highest BCUT2D eigenvalue weighted by Crippen LogP contribution is 2.31. The zero-order valence-electron chi connectivity index (χ0n) is 12.1. The van der Waals surface area contributed by atoms with E-state index < -0.39 is 0 Å². The third-order valence-electron chi connectivity index (χ3n) is 4.13. The van der Waals surface area contributed by atoms with Gasteiger partial charge in [0, 0.05) is 17.9 Å². The second-order valence-corrected chi connectivity index (χ2v) is 8.05. The van der Waals surface area contributed by atoms with Crippen LogP contribution < -0.4 is 11.3 Å². The molecule has 0 bridgehead atoms. The van der Waals surface area contributed by atoms with E-state index in [9.17, 15) is 0 Å². The summed E-state index contributed by atoms with van der Waals surface area (Å²) in [5, 5.41) is 0. The third-order valence-corrected chi connectivity index (χ3v) is 5.78. The molecular formula is C15H25BrN2OS. The highest BCUT2D eigenvalue weighted by molar-refractivity contribution is 9.11. The molecule has 1 aliphatic carbocycles. The van der Waals surface area contributed by atoms with E-state index in [1.165, 1.54) is 40.8 Å². The maximum Gasteiger partial charge on any atom is 0.0772 e. The predicted molar refractivity (Wildman–Crippen MR) is 88.8 cm³/mol. The van der Waals surface area contributed by atoms with Gasteiger partial charge in [-0.2, -0.15) is 0 Å². The first-order chi connectivity index (χ1) is 9.74. The molecule has 0 saturated heterocycles. The molecule has 1 heterocycles. The number of hydrogen-bond acceptors (Lipinski definition) is 4. The standard InChI is InChI=1S/C15H25BrN2OS/c1-2-19-15(11-6-4-3-5-7-11)13(18-17)10-12-8-9-14(16)20-12/h8-9,11,13,15,18H,2-7,10,17H2,1H3. The van der Waals surface area contributed by atoms with Crippen molar-refractivity contribution >= 4 is 27.3 Å². The number of hydrazine groups is 1. The summed E-state index contributed by atoms with van der Waals surface area (Å²) >= 11 is 5.30. The molecule has 1 fully saturated rings. The van der Waals surface area contributed by atoms with Crippen molar-refractivity contribution in [3.8, 4) is 0 Å². The zero-order chi connectivity index (χ0) is 14.4. The average Bonchev–Trinajstić information content (AvgIpc) is 2.89. The molecule has 0 aliphatic heterocycles. The first-order valence-electron chi connectivity index (χ1n) is 7.56. The normalized spacial score (nSPS) is 19.9. The molecular weight excluding hydrogens is 336 g/mol. The van der Waals surface area contributed by atoms with Gasteiger partial charge in [-0.1, -0.05) is 19.3 Å². The summed E-state index contributed by atoms with van der Waals surface area (Å²) < 4.78 is 7.24. The fraction of sp³-hybridized carbons (Fsp3) is 0.733. The van der Waals surface area contributed by atoms with Gasteiger partial charge in [0.2, 0.25) is 0 Å². The van der Waals surface area contributed by atoms with Crippen LogP contribution >= 0.6 is 27.3 Å². The van der Waals surface area contributed by atoms with Crippen molar-refractivity contribution in [3.63, 3.8) is 0 Å². The van der Waals surface area contributed by atoms with E-state index in [-0.39, 0.29) is 12.1 Å². The molecule has 0 radical (unpaired) electrons. The highest BCUT2D eigenvalue weighted by Gasteiger charge is 2.31. The lowest BCUT2D eigenvalue weighted by Crippen LogP contribution is -2.50. The summed E-state index contributed by atoms with van der Waals surface area (Å²) in [6.07, 6.45) is 7.74. The fourth-order valence-corrected chi connectivity index (χ4v) is 4.73. The molecule has 1 saturated carbocycles. The van der Waals surface area contributed by atoms with E-state index in [4.69, 9.17) is 10.6 Å². The Bertz CT molecular complexity index is 393. The Balaban J connectivity index is 2.03. The average molecular weight is 361 g/mol. The summed E-state index contributed by atoms with van der Waals surface area (Å²) in [6, 6.07) is 4.47. The van der Waals surface area contributed by atoms with Crippen LogP contribution in [0.25, 0.3) is 0 Å². The number of ether oxygens (including phenoxy) is 1. The van der Waals surface area contributed by atoms with E-state index in [0.717, 1.165) is 13.0 Å². The maximum absolute atomic E-state index is 6.06. The molecule has 5 heteroatoms. The second-order valence-electron chi connectivity index (χ2n) is 5.50. The predicted octanol–water partition coefficient (Wildman–Crippen LogP) is 3.87. The van der Waals surface area contributed by atoms with Crippen LogP contribution in [0.15, 0.2) is 15.9 Å². The van der Waals surface area contributed by atoms with E-state index in [2.05, 4.69) is 40.4 Å². The van der Waals surface area contributed by atoms with Gasteiger partial charge >= 0.3 is 0 Å². The molecule has 0 amide bonds. The van der Waals surface area contributed by atoms with E-state index in [0.29, 0.717) is 5.92 Å². The van der Waals surface area contributed by atoms with E-state index in [1.807, 2.05) is 0 Å². The Kier molecular flexibility index (Phi) is 6.97. The monoisotopic (exact) mass is 360 g/mol. The number of thiophene rings is 1. The Hall–Kier alpha value is 0.0600. The summed E-state index contributed by atoms with van der Waals surface area (Å²) in [5.74, 6) is 6.47. The largest absolute Gasteiger partial charge is 0.377 e. The Morgan fingerprint density at radius 3 is 2.70 bits per heavy atom. The molecule has 114 valence electrons. The fourth-order valence-electron chi connectivity index (χ4n) is 3.18. The Labute approximate surface area is 134 Å². The molecule has 3 nitrogen and oxygen atoms in total. The number of halogens is 1. The first kappa shape index (κ1) is 16.4. The molecule has 2 unspecified atom stereocenters. The van der Waals surface area contributed by atoms with Crippen molar-refractivity contribution in [2.24, 2.45) is 11.8 Å². The second kappa shape index (κ2) is 8.49. The molecule has 1 aliphatic rings. The maximum atomic E-state index is 6.06. The minimum absolute atomic E-state index is 0.198. The molecule has 0 spiro atoms. The van der Waals surface area contributed by atoms with Crippen molar-refractivity contribution < 1.29 is 4.74 Å². The summed E-state index contributed by atoms with van der Waals surface area (Å²) in [6.45, 7) is 2.83. The van der Waals surface area contributed by atoms with Crippen molar-refractivity contribution in [1.29, 1.82) is 0 Å². The lowest BCUT2D eigenvalue weighted by Gasteiger charge is -2.35. The molecule has 2 atom stereocenters. The molecule has 3 N–H and O–H groups in total. The van der Waals surface area contributed by atoms with Crippen LogP contribution in [0.4, 0.5) is 0 Å². The quantitative estimate of drug-likeness (QED) is 0.573. The number of nitrogens with two attached hydrogens (primary N) is 1. The molecule has 1 aromatic heterocycles. The molecule has 0 aromatic carbocycles. The van der Waals surface area contributed by atoms with Gasteiger partial charge in [0.05, 0.1) is 15.9 Å². The Morgan fingerprint density at radius 1 is 1.40 bits per heavy atom. The van der Waals surface area contributed by atoms with Crippen LogP contribution in [-0.4, -0.2) is 18.8 Å². The van der Waals surface area contributed by atoms with E-state index in [1.54, 1.807) is 11.3 Å². The lowest BCUT2D eigenvalue weighted by molar-refractivity contribution is -0.0173. The SMILES string of the molecule is CCOC(C1CCCCC1)C(Cc1ccc(Br)s1)NN. The van der Waals surface area contributed by atoms with Crippen molar-refractivity contribution in [1.82, 2.24) is 5.43 Å². The van der Waals surface area contributed by atoms with Crippen LogP contribution in [0.2, 0.25) is 0 Å². The summed E-state index contributed by atoms with van der Waals surface area (Å²) in [5.41, 5.74) is 3.01. The topological polar surface area (TPSA) is 47.3 Å². The smallest absolute Gasteiger partial charge is 0.0772 e. The highest BCUT2D eigenvalue weighted by atomic mass is 79.9. The van der Waals surface area contributed by atoms with Gasteiger partial charge < -0.3 is 4.74 Å². The van der Waals surface area contributed by atoms with Crippen LogP contribution in [0, 0.1) is 5.92 Å². The Morgan fingerprint density at radius 2 is 2.15 bits per heavy atom. The minimum Gasteiger partial charge on any atom is -0.377 e. The molecule has 20 heavy (non-hydrogen) atoms. The number of hydrogen-bond donors (Lipinski definition) is 2. The van der Waals surface area contributed by atoms with Crippen molar-refractivity contribution in [2.45, 2.75) is 57.6 Å². The van der Waals surface area contributed by atoms with Crippen molar-refractivity contribution in [2.75, 3.05) is 6.61 Å². The van der Waals surface area contributed by atoms with Crippen LogP contribution in [0.1, 0.15) is 43.9 Å². The van der Waals surface area contributed by atoms with Crippen LogP contribution in [0.5, 0.6) is 0 Å². The van der Waals surface area contributed by atoms with Gasteiger partial charge in [-0.25, -0.2) is 0 Å². The van der Waals surface area contributed by atoms with Crippen molar-refractivity contribution in [3.05, 3.63) is 20.8 Å². The summed E-state index contributed by atoms with van der Waals surface area (Å²) in [4.78, 5) is 1.35. The van der Waals surface area contributed by atoms with Gasteiger partial charge in [-0.3, -0.25) is 11.3 Å². The minimum atomic E-state index is 0.198. The summed E-state index contributed by atoms with van der Waals surface area (Å²) in [7, 11) is 0. The van der Waals surface area contributed by atoms with Gasteiger partial charge in [0.15, 0.2) is 0 Å². The lowest BCUT2D eigenvalue weighted by atomic mass is 9.82.